The van der Waals surface area contributed by atoms with E-state index in [0.29, 0.717) is 6.54 Å². The van der Waals surface area contributed by atoms with Crippen molar-refractivity contribution in [2.75, 3.05) is 12.8 Å². The van der Waals surface area contributed by atoms with E-state index in [0.717, 1.165) is 16.1 Å². The van der Waals surface area contributed by atoms with Crippen molar-refractivity contribution in [1.82, 2.24) is 4.90 Å². The molecule has 0 radical (unpaired) electrons. The van der Waals surface area contributed by atoms with Crippen molar-refractivity contribution in [3.63, 3.8) is 0 Å². The molecule has 0 saturated heterocycles. The third kappa shape index (κ3) is 2.55. The molecule has 102 valence electrons. The molecular weight excluding hydrogens is 288 g/mol. The lowest BCUT2D eigenvalue weighted by Crippen LogP contribution is -2.25. The second-order valence-corrected chi connectivity index (χ2v) is 6.70. The number of benzene rings is 1. The summed E-state index contributed by atoms with van der Waals surface area (Å²) in [4.78, 5) is 14.9. The Bertz CT molecular complexity index is 731. The lowest BCUT2D eigenvalue weighted by atomic mass is 10.2. The van der Waals surface area contributed by atoms with Gasteiger partial charge in [0.15, 0.2) is 0 Å². The quantitative estimate of drug-likeness (QED) is 0.748. The van der Waals surface area contributed by atoms with Crippen molar-refractivity contribution >= 4 is 43.7 Å². The van der Waals surface area contributed by atoms with Crippen LogP contribution in [0, 0.1) is 0 Å². The molecule has 2 N–H and O–H groups in total. The molecule has 0 aliphatic rings. The van der Waals surface area contributed by atoms with Crippen LogP contribution >= 0.6 is 22.7 Å². The average molecular weight is 302 g/mol. The molecule has 0 atom stereocenters. The van der Waals surface area contributed by atoms with E-state index < -0.39 is 0 Å². The van der Waals surface area contributed by atoms with Gasteiger partial charge < -0.3 is 10.6 Å². The number of carbonyl (C=O) groups excluding carboxylic acids is 1. The standard InChI is InChI=1S/C15H14N2OS2/c1-17(9-10-3-2-4-11(16)7-10)15(18)14-8-13-12(20-14)5-6-19-13/h2-8H,9,16H2,1H3. The maximum Gasteiger partial charge on any atom is 0.264 e. The van der Waals surface area contributed by atoms with Crippen molar-refractivity contribution in [2.24, 2.45) is 0 Å². The van der Waals surface area contributed by atoms with Gasteiger partial charge in [0.2, 0.25) is 0 Å². The highest BCUT2D eigenvalue weighted by Crippen LogP contribution is 2.30. The minimum absolute atomic E-state index is 0.0563. The number of nitrogens with zero attached hydrogens (tertiary/aromatic N) is 1. The minimum Gasteiger partial charge on any atom is -0.399 e. The molecule has 3 rings (SSSR count). The number of hydrogen-bond donors (Lipinski definition) is 1. The summed E-state index contributed by atoms with van der Waals surface area (Å²) in [5.41, 5.74) is 7.52. The van der Waals surface area contributed by atoms with Crippen molar-refractivity contribution < 1.29 is 4.79 Å². The van der Waals surface area contributed by atoms with Crippen molar-refractivity contribution in [3.05, 3.63) is 52.2 Å². The van der Waals surface area contributed by atoms with Gasteiger partial charge >= 0.3 is 0 Å². The molecule has 3 nitrogen and oxygen atoms in total. The van der Waals surface area contributed by atoms with Gasteiger partial charge in [0, 0.05) is 28.7 Å². The Balaban J connectivity index is 1.78. The van der Waals surface area contributed by atoms with Crippen LogP contribution < -0.4 is 5.73 Å². The van der Waals surface area contributed by atoms with Crippen LogP contribution in [0.25, 0.3) is 9.40 Å². The third-order valence-corrected chi connectivity index (χ3v) is 5.15. The predicted molar refractivity (Wildman–Crippen MR) is 86.4 cm³/mol. The fourth-order valence-electron chi connectivity index (χ4n) is 2.10. The SMILES string of the molecule is CN(Cc1cccc(N)c1)C(=O)c1cc2sccc2s1. The van der Waals surface area contributed by atoms with Crippen molar-refractivity contribution in [1.29, 1.82) is 0 Å². The largest absolute Gasteiger partial charge is 0.399 e. The van der Waals surface area contributed by atoms with Crippen LogP contribution in [0.5, 0.6) is 0 Å². The van der Waals surface area contributed by atoms with E-state index in [4.69, 9.17) is 5.73 Å². The summed E-state index contributed by atoms with van der Waals surface area (Å²) in [5.74, 6) is 0.0563. The second-order valence-electron chi connectivity index (χ2n) is 4.67. The highest BCUT2D eigenvalue weighted by atomic mass is 32.1. The van der Waals surface area contributed by atoms with E-state index in [2.05, 4.69) is 6.07 Å². The molecule has 0 unspecified atom stereocenters. The molecule has 3 aromatic rings. The van der Waals surface area contributed by atoms with Crippen LogP contribution in [0.15, 0.2) is 41.8 Å². The van der Waals surface area contributed by atoms with Crippen LogP contribution in [0.2, 0.25) is 0 Å². The first-order chi connectivity index (χ1) is 9.63. The highest BCUT2D eigenvalue weighted by Gasteiger charge is 2.15. The topological polar surface area (TPSA) is 46.3 Å². The molecule has 5 heteroatoms. The van der Waals surface area contributed by atoms with E-state index in [1.807, 2.05) is 42.8 Å². The minimum atomic E-state index is 0.0563. The zero-order valence-corrected chi connectivity index (χ0v) is 12.6. The van der Waals surface area contributed by atoms with Crippen molar-refractivity contribution in [2.45, 2.75) is 6.54 Å². The predicted octanol–water partition coefficient (Wildman–Crippen LogP) is 3.82. The Morgan fingerprint density at radius 2 is 2.10 bits per heavy atom. The summed E-state index contributed by atoms with van der Waals surface area (Å²) in [6.45, 7) is 0.565. The summed E-state index contributed by atoms with van der Waals surface area (Å²) in [6.07, 6.45) is 0. The van der Waals surface area contributed by atoms with E-state index in [1.54, 1.807) is 27.6 Å². The van der Waals surface area contributed by atoms with E-state index in [-0.39, 0.29) is 5.91 Å². The monoisotopic (exact) mass is 302 g/mol. The zero-order chi connectivity index (χ0) is 14.1. The van der Waals surface area contributed by atoms with Gasteiger partial charge in [-0.2, -0.15) is 0 Å². The first-order valence-electron chi connectivity index (χ1n) is 6.20. The van der Waals surface area contributed by atoms with Crippen molar-refractivity contribution in [3.8, 4) is 0 Å². The van der Waals surface area contributed by atoms with Crippen LogP contribution in [-0.2, 0) is 6.54 Å². The molecule has 1 aromatic carbocycles. The van der Waals surface area contributed by atoms with Crippen LogP contribution in [0.3, 0.4) is 0 Å². The molecule has 0 aliphatic heterocycles. The van der Waals surface area contributed by atoms with Gasteiger partial charge in [0.25, 0.3) is 5.91 Å². The van der Waals surface area contributed by atoms with Gasteiger partial charge in [0.05, 0.1) is 4.88 Å². The lowest BCUT2D eigenvalue weighted by molar-refractivity contribution is 0.0790. The van der Waals surface area contributed by atoms with Crippen LogP contribution in [0.1, 0.15) is 15.2 Å². The Morgan fingerprint density at radius 1 is 1.25 bits per heavy atom. The first-order valence-corrected chi connectivity index (χ1v) is 7.90. The van der Waals surface area contributed by atoms with Crippen LogP contribution in [0.4, 0.5) is 5.69 Å². The van der Waals surface area contributed by atoms with E-state index in [9.17, 15) is 4.79 Å². The normalized spacial score (nSPS) is 10.8. The number of anilines is 1. The van der Waals surface area contributed by atoms with Gasteiger partial charge in [-0.1, -0.05) is 12.1 Å². The number of carbonyl (C=O) groups is 1. The summed E-state index contributed by atoms with van der Waals surface area (Å²) in [6, 6.07) is 11.7. The molecule has 2 heterocycles. The Kier molecular flexibility index (Phi) is 3.46. The third-order valence-electron chi connectivity index (χ3n) is 3.07. The Morgan fingerprint density at radius 3 is 2.85 bits per heavy atom. The fourth-order valence-corrected chi connectivity index (χ4v) is 4.20. The summed E-state index contributed by atoms with van der Waals surface area (Å²) >= 11 is 3.21. The maximum absolute atomic E-state index is 12.4. The number of fused-ring (bicyclic) bond motifs is 1. The molecule has 0 spiro atoms. The zero-order valence-electron chi connectivity index (χ0n) is 11.0. The molecule has 0 fully saturated rings. The molecule has 0 bridgehead atoms. The number of thiophene rings is 2. The van der Waals surface area contributed by atoms with Gasteiger partial charge in [-0.25, -0.2) is 0 Å². The van der Waals surface area contributed by atoms with Crippen LogP contribution in [-0.4, -0.2) is 17.9 Å². The molecule has 20 heavy (non-hydrogen) atoms. The van der Waals surface area contributed by atoms with E-state index in [1.165, 1.54) is 9.40 Å². The summed E-state index contributed by atoms with van der Waals surface area (Å²) in [5, 5.41) is 2.05. The molecular formula is C15H14N2OS2. The van der Waals surface area contributed by atoms with Gasteiger partial charge in [-0.15, -0.1) is 22.7 Å². The molecule has 2 aromatic heterocycles. The second kappa shape index (κ2) is 5.26. The number of nitrogen functional groups attached to an aromatic ring is 1. The fraction of sp³-hybridized carbons (Fsp3) is 0.133. The Hall–Kier alpha value is -1.85. The van der Waals surface area contributed by atoms with E-state index >= 15 is 0 Å². The lowest BCUT2D eigenvalue weighted by Gasteiger charge is -2.16. The number of rotatable bonds is 3. The van der Waals surface area contributed by atoms with Gasteiger partial charge in [-0.05, 0) is 35.2 Å². The number of amides is 1. The average Bonchev–Trinajstić information content (AvgIpc) is 2.98. The van der Waals surface area contributed by atoms with Gasteiger partial charge in [0.1, 0.15) is 0 Å². The molecule has 0 saturated carbocycles. The summed E-state index contributed by atoms with van der Waals surface area (Å²) in [7, 11) is 1.82. The molecule has 1 amide bonds. The highest BCUT2D eigenvalue weighted by molar-refractivity contribution is 7.27. The number of hydrogen-bond acceptors (Lipinski definition) is 4. The summed E-state index contributed by atoms with van der Waals surface area (Å²) < 4.78 is 2.35. The van der Waals surface area contributed by atoms with Gasteiger partial charge in [-0.3, -0.25) is 4.79 Å². The maximum atomic E-state index is 12.4. The molecule has 0 aliphatic carbocycles. The number of nitrogens with two attached hydrogens (primary N) is 1. The first kappa shape index (κ1) is 13.1. The smallest absolute Gasteiger partial charge is 0.264 e. The Labute approximate surface area is 125 Å².